The predicted octanol–water partition coefficient (Wildman–Crippen LogP) is 0.720. The van der Waals surface area contributed by atoms with Crippen molar-refractivity contribution in [3.05, 3.63) is 12.4 Å². The number of nitrogens with zero attached hydrogens (tertiary/aromatic N) is 3. The van der Waals surface area contributed by atoms with Crippen molar-refractivity contribution in [1.29, 1.82) is 0 Å². The van der Waals surface area contributed by atoms with Crippen molar-refractivity contribution in [2.45, 2.75) is 44.2 Å². The average molecular weight is 277 g/mol. The Morgan fingerprint density at radius 1 is 1.25 bits per heavy atom. The molecule has 1 aliphatic carbocycles. The smallest absolute Gasteiger partial charge is 0.325 e. The first-order valence-corrected chi connectivity index (χ1v) is 7.03. The van der Waals surface area contributed by atoms with Crippen LogP contribution in [0.25, 0.3) is 0 Å². The molecule has 2 heterocycles. The first-order chi connectivity index (χ1) is 9.61. The van der Waals surface area contributed by atoms with Crippen molar-refractivity contribution in [3.8, 4) is 0 Å². The standard InChI is InChI=1S/C13H19N5O2/c14-10-8-15-17(9-10)6-7-18-11(19)13(16-12(18)20)4-2-1-3-5-13/h8-9H,1-7,14H2,(H,16,20). The number of imide groups is 1. The molecule has 1 aromatic rings. The second kappa shape index (κ2) is 4.81. The molecule has 1 saturated heterocycles. The lowest BCUT2D eigenvalue weighted by molar-refractivity contribution is -0.132. The maximum atomic E-state index is 12.5. The van der Waals surface area contributed by atoms with Crippen LogP contribution in [0.5, 0.6) is 0 Å². The lowest BCUT2D eigenvalue weighted by atomic mass is 9.82. The Hall–Kier alpha value is -2.05. The van der Waals surface area contributed by atoms with E-state index in [4.69, 9.17) is 5.73 Å². The van der Waals surface area contributed by atoms with E-state index < -0.39 is 5.54 Å². The summed E-state index contributed by atoms with van der Waals surface area (Å²) in [6.45, 7) is 0.792. The number of amides is 3. The van der Waals surface area contributed by atoms with E-state index in [9.17, 15) is 9.59 Å². The molecule has 2 fully saturated rings. The highest BCUT2D eigenvalue weighted by Crippen LogP contribution is 2.33. The molecule has 2 aliphatic rings. The van der Waals surface area contributed by atoms with Crippen LogP contribution < -0.4 is 11.1 Å². The van der Waals surface area contributed by atoms with Gasteiger partial charge in [-0.2, -0.15) is 5.10 Å². The zero-order valence-electron chi connectivity index (χ0n) is 11.3. The molecule has 1 aromatic heterocycles. The monoisotopic (exact) mass is 277 g/mol. The molecular weight excluding hydrogens is 258 g/mol. The van der Waals surface area contributed by atoms with E-state index in [-0.39, 0.29) is 11.9 Å². The summed E-state index contributed by atoms with van der Waals surface area (Å²) in [6.07, 6.45) is 7.87. The average Bonchev–Trinajstić information content (AvgIpc) is 2.93. The van der Waals surface area contributed by atoms with Gasteiger partial charge in [0.2, 0.25) is 0 Å². The molecule has 1 aliphatic heterocycles. The normalized spacial score (nSPS) is 21.5. The van der Waals surface area contributed by atoms with Crippen LogP contribution in [-0.2, 0) is 11.3 Å². The van der Waals surface area contributed by atoms with E-state index in [1.54, 1.807) is 17.1 Å². The fourth-order valence-corrected chi connectivity index (χ4v) is 3.08. The molecule has 7 heteroatoms. The highest BCUT2D eigenvalue weighted by atomic mass is 16.2. The second-order valence-electron chi connectivity index (χ2n) is 5.57. The molecule has 108 valence electrons. The molecule has 0 bridgehead atoms. The number of nitrogen functional groups attached to an aromatic ring is 1. The number of hydrogen-bond acceptors (Lipinski definition) is 4. The third kappa shape index (κ3) is 2.13. The molecule has 1 spiro atoms. The topological polar surface area (TPSA) is 93.2 Å². The van der Waals surface area contributed by atoms with Gasteiger partial charge < -0.3 is 11.1 Å². The second-order valence-corrected chi connectivity index (χ2v) is 5.57. The lowest BCUT2D eigenvalue weighted by Gasteiger charge is -2.30. The Morgan fingerprint density at radius 2 is 2.00 bits per heavy atom. The van der Waals surface area contributed by atoms with Gasteiger partial charge in [-0.3, -0.25) is 14.4 Å². The van der Waals surface area contributed by atoms with E-state index in [1.165, 1.54) is 4.90 Å². The highest BCUT2D eigenvalue weighted by molar-refractivity contribution is 6.07. The minimum Gasteiger partial charge on any atom is -0.396 e. The van der Waals surface area contributed by atoms with E-state index in [0.717, 1.165) is 32.1 Å². The van der Waals surface area contributed by atoms with Gasteiger partial charge in [-0.25, -0.2) is 4.79 Å². The molecule has 3 N–H and O–H groups in total. The van der Waals surface area contributed by atoms with Crippen molar-refractivity contribution in [1.82, 2.24) is 20.0 Å². The van der Waals surface area contributed by atoms with Crippen LogP contribution in [0.2, 0.25) is 0 Å². The van der Waals surface area contributed by atoms with E-state index in [0.29, 0.717) is 18.8 Å². The zero-order chi connectivity index (χ0) is 14.2. The SMILES string of the molecule is Nc1cnn(CCN2C(=O)NC3(CCCCC3)C2=O)c1. The summed E-state index contributed by atoms with van der Waals surface area (Å²) in [5.74, 6) is -0.0812. The number of carbonyl (C=O) groups is 2. The summed E-state index contributed by atoms with van der Waals surface area (Å²) < 4.78 is 1.64. The molecule has 20 heavy (non-hydrogen) atoms. The van der Waals surface area contributed by atoms with Crippen molar-refractivity contribution in [2.24, 2.45) is 0 Å². The maximum absolute atomic E-state index is 12.5. The quantitative estimate of drug-likeness (QED) is 0.796. The van der Waals surface area contributed by atoms with Crippen LogP contribution in [0.4, 0.5) is 10.5 Å². The Bertz CT molecular complexity index is 533. The molecular formula is C13H19N5O2. The summed E-state index contributed by atoms with van der Waals surface area (Å²) in [5, 5.41) is 6.95. The molecule has 0 aromatic carbocycles. The van der Waals surface area contributed by atoms with Crippen LogP contribution in [0.3, 0.4) is 0 Å². The van der Waals surface area contributed by atoms with Gasteiger partial charge in [0, 0.05) is 6.20 Å². The van der Waals surface area contributed by atoms with Gasteiger partial charge in [-0.15, -0.1) is 0 Å². The lowest BCUT2D eigenvalue weighted by Crippen LogP contribution is -2.48. The number of hydrogen-bond donors (Lipinski definition) is 2. The summed E-state index contributed by atoms with van der Waals surface area (Å²) >= 11 is 0. The van der Waals surface area contributed by atoms with Crippen LogP contribution >= 0.6 is 0 Å². The van der Waals surface area contributed by atoms with Crippen LogP contribution in [0.1, 0.15) is 32.1 Å². The van der Waals surface area contributed by atoms with Gasteiger partial charge >= 0.3 is 6.03 Å². The summed E-state index contributed by atoms with van der Waals surface area (Å²) in [7, 11) is 0. The minimum atomic E-state index is -0.640. The first kappa shape index (κ1) is 13.0. The summed E-state index contributed by atoms with van der Waals surface area (Å²) in [5.41, 5.74) is 5.52. The molecule has 3 amide bonds. The van der Waals surface area contributed by atoms with E-state index in [1.807, 2.05) is 0 Å². The Labute approximate surface area is 117 Å². The van der Waals surface area contributed by atoms with Crippen molar-refractivity contribution in [3.63, 3.8) is 0 Å². The summed E-state index contributed by atoms with van der Waals surface area (Å²) in [4.78, 5) is 25.8. The molecule has 1 saturated carbocycles. The Balaban J connectivity index is 1.67. The number of rotatable bonds is 3. The van der Waals surface area contributed by atoms with Crippen LogP contribution in [0.15, 0.2) is 12.4 Å². The summed E-state index contributed by atoms with van der Waals surface area (Å²) in [6, 6.07) is -0.281. The third-order valence-electron chi connectivity index (χ3n) is 4.16. The maximum Gasteiger partial charge on any atom is 0.325 e. The predicted molar refractivity (Wildman–Crippen MR) is 72.7 cm³/mol. The number of aromatic nitrogens is 2. The van der Waals surface area contributed by atoms with Crippen LogP contribution in [-0.4, -0.2) is 38.7 Å². The van der Waals surface area contributed by atoms with Gasteiger partial charge in [0.25, 0.3) is 5.91 Å². The Kier molecular flexibility index (Phi) is 3.11. The third-order valence-corrected chi connectivity index (χ3v) is 4.16. The van der Waals surface area contributed by atoms with Gasteiger partial charge in [-0.1, -0.05) is 19.3 Å². The molecule has 0 radical (unpaired) electrons. The molecule has 0 unspecified atom stereocenters. The van der Waals surface area contributed by atoms with E-state index in [2.05, 4.69) is 10.4 Å². The van der Waals surface area contributed by atoms with Crippen molar-refractivity contribution >= 4 is 17.6 Å². The Morgan fingerprint density at radius 3 is 2.65 bits per heavy atom. The van der Waals surface area contributed by atoms with E-state index >= 15 is 0 Å². The van der Waals surface area contributed by atoms with Gasteiger partial charge in [0.05, 0.1) is 25.0 Å². The number of anilines is 1. The number of nitrogens with two attached hydrogens (primary N) is 1. The first-order valence-electron chi connectivity index (χ1n) is 7.03. The number of carbonyl (C=O) groups excluding carboxylic acids is 2. The molecule has 3 rings (SSSR count). The number of urea groups is 1. The van der Waals surface area contributed by atoms with Gasteiger partial charge in [-0.05, 0) is 12.8 Å². The largest absolute Gasteiger partial charge is 0.396 e. The van der Waals surface area contributed by atoms with Gasteiger partial charge in [0.15, 0.2) is 0 Å². The molecule has 7 nitrogen and oxygen atoms in total. The fraction of sp³-hybridized carbons (Fsp3) is 0.615. The zero-order valence-corrected chi connectivity index (χ0v) is 11.3. The van der Waals surface area contributed by atoms with Crippen molar-refractivity contribution in [2.75, 3.05) is 12.3 Å². The van der Waals surface area contributed by atoms with Crippen LogP contribution in [0, 0.1) is 0 Å². The van der Waals surface area contributed by atoms with Gasteiger partial charge in [0.1, 0.15) is 5.54 Å². The molecule has 0 atom stereocenters. The fourth-order valence-electron chi connectivity index (χ4n) is 3.08. The number of nitrogens with one attached hydrogen (secondary N) is 1. The highest BCUT2D eigenvalue weighted by Gasteiger charge is 2.50. The minimum absolute atomic E-state index is 0.0812. The van der Waals surface area contributed by atoms with Crippen molar-refractivity contribution < 1.29 is 9.59 Å².